The van der Waals surface area contributed by atoms with Crippen LogP contribution < -0.4 is 10.1 Å². The van der Waals surface area contributed by atoms with Crippen LogP contribution >= 0.6 is 0 Å². The molecule has 0 aliphatic carbocycles. The van der Waals surface area contributed by atoms with Crippen molar-refractivity contribution in [2.45, 2.75) is 85.0 Å². The summed E-state index contributed by atoms with van der Waals surface area (Å²) in [7, 11) is 0. The zero-order chi connectivity index (χ0) is 25.6. The van der Waals surface area contributed by atoms with Crippen LogP contribution in [0.15, 0.2) is 18.2 Å². The van der Waals surface area contributed by atoms with E-state index in [0.717, 1.165) is 11.1 Å². The van der Waals surface area contributed by atoms with E-state index in [0.29, 0.717) is 5.75 Å². The van der Waals surface area contributed by atoms with E-state index in [2.05, 4.69) is 5.32 Å². The Morgan fingerprint density at radius 2 is 1.59 bits per heavy atom. The van der Waals surface area contributed by atoms with Crippen molar-refractivity contribution < 1.29 is 42.9 Å². The van der Waals surface area contributed by atoms with Crippen LogP contribution in [0.3, 0.4) is 0 Å². The van der Waals surface area contributed by atoms with Crippen LogP contribution in [0.4, 0.5) is 0 Å². The molecule has 1 aromatic rings. The highest BCUT2D eigenvalue weighted by Gasteiger charge is 2.52. The molecule has 1 aliphatic heterocycles. The van der Waals surface area contributed by atoms with Gasteiger partial charge < -0.3 is 29.0 Å². The van der Waals surface area contributed by atoms with Crippen LogP contribution in [0.1, 0.15) is 58.6 Å². The summed E-state index contributed by atoms with van der Waals surface area (Å²) in [4.78, 5) is 47.3. The standard InChI is InChI=1S/C24H33NO9/c1-12(2)18-9-8-13(3)10-19(18)33-24-21(25-14(4)26)23(32-17(7)29)22(31-16(6)28)20(34-24)11-30-15(5)27/h8-10,12,20-24H,11H2,1-7H3,(H,25,26). The van der Waals surface area contributed by atoms with Crippen molar-refractivity contribution in [3.8, 4) is 5.75 Å². The molecule has 5 atom stereocenters. The predicted octanol–water partition coefficient (Wildman–Crippen LogP) is 2.15. The van der Waals surface area contributed by atoms with Gasteiger partial charge in [-0.15, -0.1) is 0 Å². The first-order chi connectivity index (χ1) is 15.9. The highest BCUT2D eigenvalue weighted by Crippen LogP contribution is 2.33. The monoisotopic (exact) mass is 479 g/mol. The fraction of sp³-hybridized carbons (Fsp3) is 0.583. The molecule has 10 nitrogen and oxygen atoms in total. The van der Waals surface area contributed by atoms with Crippen LogP contribution in [0.25, 0.3) is 0 Å². The Bertz CT molecular complexity index is 914. The molecule has 1 saturated heterocycles. The normalized spacial score (nSPS) is 24.2. The molecule has 1 heterocycles. The number of ether oxygens (including phenoxy) is 5. The number of hydrogen-bond acceptors (Lipinski definition) is 9. The lowest BCUT2D eigenvalue weighted by Gasteiger charge is -2.45. The molecular formula is C24H33NO9. The smallest absolute Gasteiger partial charge is 0.303 e. The molecule has 1 N–H and O–H groups in total. The van der Waals surface area contributed by atoms with Crippen LogP contribution in [0.5, 0.6) is 5.75 Å². The van der Waals surface area contributed by atoms with Gasteiger partial charge in [-0.05, 0) is 30.0 Å². The summed E-state index contributed by atoms with van der Waals surface area (Å²) in [5.41, 5.74) is 1.84. The second kappa shape index (κ2) is 11.8. The van der Waals surface area contributed by atoms with E-state index in [1.165, 1.54) is 27.7 Å². The third kappa shape index (κ3) is 7.44. The predicted molar refractivity (Wildman–Crippen MR) is 120 cm³/mol. The number of benzene rings is 1. The molecule has 0 bridgehead atoms. The summed E-state index contributed by atoms with van der Waals surface area (Å²) < 4.78 is 28.3. The molecule has 5 unspecified atom stereocenters. The quantitative estimate of drug-likeness (QED) is 0.441. The van der Waals surface area contributed by atoms with Crippen molar-refractivity contribution in [3.63, 3.8) is 0 Å². The summed E-state index contributed by atoms with van der Waals surface area (Å²) >= 11 is 0. The van der Waals surface area contributed by atoms with E-state index >= 15 is 0 Å². The lowest BCUT2D eigenvalue weighted by molar-refractivity contribution is -0.257. The third-order valence-electron chi connectivity index (χ3n) is 5.11. The van der Waals surface area contributed by atoms with Crippen molar-refractivity contribution in [1.82, 2.24) is 5.32 Å². The van der Waals surface area contributed by atoms with E-state index in [-0.39, 0.29) is 12.5 Å². The zero-order valence-corrected chi connectivity index (χ0v) is 20.6. The Kier molecular flexibility index (Phi) is 9.43. The summed E-state index contributed by atoms with van der Waals surface area (Å²) in [5, 5.41) is 2.69. The van der Waals surface area contributed by atoms with Gasteiger partial charge in [-0.2, -0.15) is 0 Å². The van der Waals surface area contributed by atoms with Crippen LogP contribution in [0, 0.1) is 6.92 Å². The molecule has 1 amide bonds. The molecule has 0 radical (unpaired) electrons. The molecule has 1 aliphatic rings. The van der Waals surface area contributed by atoms with Gasteiger partial charge in [0, 0.05) is 27.7 Å². The summed E-state index contributed by atoms with van der Waals surface area (Å²) in [6.07, 6.45) is -4.52. The maximum Gasteiger partial charge on any atom is 0.303 e. The Hall–Kier alpha value is -3.14. The average Bonchev–Trinajstić information content (AvgIpc) is 2.69. The van der Waals surface area contributed by atoms with E-state index in [1.54, 1.807) is 0 Å². The van der Waals surface area contributed by atoms with E-state index in [1.807, 2.05) is 39.0 Å². The zero-order valence-electron chi connectivity index (χ0n) is 20.6. The second-order valence-corrected chi connectivity index (χ2v) is 8.53. The fourth-order valence-electron chi connectivity index (χ4n) is 3.74. The molecule has 0 spiro atoms. The largest absolute Gasteiger partial charge is 0.463 e. The van der Waals surface area contributed by atoms with Crippen molar-refractivity contribution in [3.05, 3.63) is 29.3 Å². The lowest BCUT2D eigenvalue weighted by Crippen LogP contribution is -2.67. The van der Waals surface area contributed by atoms with Crippen molar-refractivity contribution >= 4 is 23.8 Å². The maximum atomic E-state index is 12.1. The number of esters is 3. The Morgan fingerprint density at radius 3 is 2.12 bits per heavy atom. The third-order valence-corrected chi connectivity index (χ3v) is 5.11. The van der Waals surface area contributed by atoms with Crippen LogP contribution in [-0.4, -0.2) is 61.1 Å². The summed E-state index contributed by atoms with van der Waals surface area (Å²) in [6.45, 7) is 10.5. The minimum Gasteiger partial charge on any atom is -0.463 e. The van der Waals surface area contributed by atoms with Gasteiger partial charge in [0.2, 0.25) is 12.2 Å². The average molecular weight is 480 g/mol. The number of nitrogens with one attached hydrogen (secondary N) is 1. The topological polar surface area (TPSA) is 126 Å². The van der Waals surface area contributed by atoms with Crippen molar-refractivity contribution in [2.24, 2.45) is 0 Å². The molecule has 0 saturated carbocycles. The van der Waals surface area contributed by atoms with Gasteiger partial charge in [0.25, 0.3) is 0 Å². The first kappa shape index (κ1) is 27.1. The highest BCUT2D eigenvalue weighted by atomic mass is 16.7. The minimum absolute atomic E-state index is 0.119. The number of hydrogen-bond donors (Lipinski definition) is 1. The Labute approximate surface area is 199 Å². The first-order valence-corrected chi connectivity index (χ1v) is 11.1. The van der Waals surface area contributed by atoms with Gasteiger partial charge in [0.1, 0.15) is 24.5 Å². The van der Waals surface area contributed by atoms with Gasteiger partial charge >= 0.3 is 17.9 Å². The van der Waals surface area contributed by atoms with Gasteiger partial charge in [0.15, 0.2) is 12.2 Å². The highest BCUT2D eigenvalue weighted by molar-refractivity contribution is 5.73. The first-order valence-electron chi connectivity index (χ1n) is 11.1. The van der Waals surface area contributed by atoms with E-state index in [9.17, 15) is 19.2 Å². The SMILES string of the molecule is CC(=O)NC1C(Oc2cc(C)ccc2C(C)C)OC(COC(C)=O)C(OC(C)=O)C1OC(C)=O. The van der Waals surface area contributed by atoms with Gasteiger partial charge in [-0.25, -0.2) is 0 Å². The summed E-state index contributed by atoms with van der Waals surface area (Å²) in [5.74, 6) is -1.70. The molecule has 2 rings (SSSR count). The summed E-state index contributed by atoms with van der Waals surface area (Å²) in [6, 6.07) is 4.70. The van der Waals surface area contributed by atoms with E-state index in [4.69, 9.17) is 23.7 Å². The maximum absolute atomic E-state index is 12.1. The van der Waals surface area contributed by atoms with Crippen LogP contribution in [0.2, 0.25) is 0 Å². The molecule has 1 fully saturated rings. The second-order valence-electron chi connectivity index (χ2n) is 8.53. The number of carbonyl (C=O) groups is 4. The Balaban J connectivity index is 2.54. The molecule has 1 aromatic carbocycles. The fourth-order valence-corrected chi connectivity index (χ4v) is 3.74. The number of amides is 1. The van der Waals surface area contributed by atoms with Crippen LogP contribution in [-0.2, 0) is 38.1 Å². The Morgan fingerprint density at radius 1 is 0.971 bits per heavy atom. The van der Waals surface area contributed by atoms with Gasteiger partial charge in [-0.3, -0.25) is 19.2 Å². The minimum atomic E-state index is -1.17. The number of carbonyl (C=O) groups excluding carboxylic acids is 4. The molecule has 34 heavy (non-hydrogen) atoms. The van der Waals surface area contributed by atoms with Crippen molar-refractivity contribution in [2.75, 3.05) is 6.61 Å². The number of aryl methyl sites for hydroxylation is 1. The van der Waals surface area contributed by atoms with Gasteiger partial charge in [0.05, 0.1) is 0 Å². The lowest BCUT2D eigenvalue weighted by atomic mass is 9.95. The molecule has 188 valence electrons. The van der Waals surface area contributed by atoms with Gasteiger partial charge in [-0.1, -0.05) is 26.0 Å². The molecule has 0 aromatic heterocycles. The number of rotatable bonds is 8. The van der Waals surface area contributed by atoms with E-state index < -0.39 is 54.5 Å². The van der Waals surface area contributed by atoms with Crippen molar-refractivity contribution in [1.29, 1.82) is 0 Å². The molecule has 10 heteroatoms. The molecular weight excluding hydrogens is 446 g/mol.